The molecule has 5 rings (SSSR count). The molecule has 0 aromatic heterocycles. The quantitative estimate of drug-likeness (QED) is 0.532. The first-order valence-corrected chi connectivity index (χ1v) is 10.9. The van der Waals surface area contributed by atoms with Gasteiger partial charge in [-0.25, -0.2) is 4.79 Å². The molecule has 4 aliphatic carbocycles. The van der Waals surface area contributed by atoms with Crippen LogP contribution < -0.4 is 0 Å². The monoisotopic (exact) mass is 356 g/mol. The van der Waals surface area contributed by atoms with E-state index in [0.717, 1.165) is 42.6 Å². The Morgan fingerprint density at radius 3 is 2.69 bits per heavy atom. The Balaban J connectivity index is 1.47. The van der Waals surface area contributed by atoms with E-state index in [9.17, 15) is 9.59 Å². The topological polar surface area (TPSA) is 43.4 Å². The normalized spacial score (nSPS) is 50.3. The molecule has 4 saturated carbocycles. The Kier molecular flexibility index (Phi) is 3.89. The number of esters is 1. The van der Waals surface area contributed by atoms with Crippen LogP contribution in [0.5, 0.6) is 0 Å². The summed E-state index contributed by atoms with van der Waals surface area (Å²) in [6.45, 7) is 3.00. The molecule has 0 radical (unpaired) electrons. The molecule has 3 heteroatoms. The number of cyclic esters (lactones) is 1. The Morgan fingerprint density at radius 1 is 1.04 bits per heavy atom. The van der Waals surface area contributed by atoms with Crippen LogP contribution in [0.1, 0.15) is 71.1 Å². The van der Waals surface area contributed by atoms with Crippen LogP contribution in [-0.2, 0) is 14.3 Å². The smallest absolute Gasteiger partial charge is 0.331 e. The minimum atomic E-state index is -0.223. The van der Waals surface area contributed by atoms with Gasteiger partial charge in [0.25, 0.3) is 0 Å². The second kappa shape index (κ2) is 5.94. The SMILES string of the molecule is C[C@]12CCCCC1CC[C@H]1[C@H]3CC[C@H](C4=CC(=O)OC4)[C@@]3(C=O)CC[C@@H]12. The molecular formula is C23H32O3. The maximum absolute atomic E-state index is 12.5. The lowest BCUT2D eigenvalue weighted by Gasteiger charge is -2.60. The summed E-state index contributed by atoms with van der Waals surface area (Å²) in [4.78, 5) is 24.1. The molecule has 0 N–H and O–H groups in total. The Labute approximate surface area is 156 Å². The lowest BCUT2D eigenvalue weighted by molar-refractivity contribution is -0.139. The van der Waals surface area contributed by atoms with E-state index in [4.69, 9.17) is 4.74 Å². The third kappa shape index (κ3) is 2.18. The van der Waals surface area contributed by atoms with Gasteiger partial charge >= 0.3 is 5.97 Å². The van der Waals surface area contributed by atoms with Gasteiger partial charge in [0, 0.05) is 11.5 Å². The van der Waals surface area contributed by atoms with Crippen LogP contribution in [0, 0.1) is 40.4 Å². The van der Waals surface area contributed by atoms with Crippen molar-refractivity contribution in [3.05, 3.63) is 11.6 Å². The zero-order valence-corrected chi connectivity index (χ0v) is 16.0. The Morgan fingerprint density at radius 2 is 1.92 bits per heavy atom. The van der Waals surface area contributed by atoms with Gasteiger partial charge in [-0.05, 0) is 91.9 Å². The second-order valence-corrected chi connectivity index (χ2v) is 10.1. The highest BCUT2D eigenvalue weighted by Gasteiger charge is 2.62. The van der Waals surface area contributed by atoms with Gasteiger partial charge in [0.2, 0.25) is 0 Å². The van der Waals surface area contributed by atoms with Crippen molar-refractivity contribution in [1.82, 2.24) is 0 Å². The van der Waals surface area contributed by atoms with Crippen LogP contribution in [0.3, 0.4) is 0 Å². The average molecular weight is 357 g/mol. The molecule has 7 atom stereocenters. The number of carbonyl (C=O) groups excluding carboxylic acids is 2. The third-order valence-electron chi connectivity index (χ3n) is 9.52. The molecule has 1 unspecified atom stereocenters. The first kappa shape index (κ1) is 17.0. The van der Waals surface area contributed by atoms with Crippen LogP contribution >= 0.6 is 0 Å². The molecule has 0 spiro atoms. The van der Waals surface area contributed by atoms with Crippen molar-refractivity contribution in [2.75, 3.05) is 6.61 Å². The number of aldehydes is 1. The Bertz CT molecular complexity index is 652. The number of hydrogen-bond donors (Lipinski definition) is 0. The highest BCUT2D eigenvalue weighted by atomic mass is 16.5. The maximum Gasteiger partial charge on any atom is 0.331 e. The van der Waals surface area contributed by atoms with Crippen molar-refractivity contribution in [3.63, 3.8) is 0 Å². The molecule has 0 saturated heterocycles. The molecule has 0 amide bonds. The van der Waals surface area contributed by atoms with Crippen LogP contribution in [0.4, 0.5) is 0 Å². The van der Waals surface area contributed by atoms with Crippen molar-refractivity contribution >= 4 is 12.3 Å². The number of carbonyl (C=O) groups is 2. The van der Waals surface area contributed by atoms with Crippen LogP contribution in [0.25, 0.3) is 0 Å². The molecule has 1 aliphatic heterocycles. The van der Waals surface area contributed by atoms with Gasteiger partial charge < -0.3 is 9.53 Å². The maximum atomic E-state index is 12.5. The number of rotatable bonds is 2. The molecule has 142 valence electrons. The average Bonchev–Trinajstić information content (AvgIpc) is 3.24. The predicted molar refractivity (Wildman–Crippen MR) is 99.3 cm³/mol. The minimum Gasteiger partial charge on any atom is -0.458 e. The summed E-state index contributed by atoms with van der Waals surface area (Å²) in [6.07, 6.45) is 15.8. The molecular weight excluding hydrogens is 324 g/mol. The fourth-order valence-electron chi connectivity index (χ4n) is 8.37. The van der Waals surface area contributed by atoms with E-state index in [1.807, 2.05) is 0 Å². The van der Waals surface area contributed by atoms with Crippen molar-refractivity contribution in [3.8, 4) is 0 Å². The van der Waals surface area contributed by atoms with E-state index < -0.39 is 0 Å². The van der Waals surface area contributed by atoms with Crippen molar-refractivity contribution in [1.29, 1.82) is 0 Å². The minimum absolute atomic E-state index is 0.214. The molecule has 0 aromatic carbocycles. The fourth-order valence-corrected chi connectivity index (χ4v) is 8.37. The summed E-state index contributed by atoms with van der Waals surface area (Å²) < 4.78 is 5.19. The van der Waals surface area contributed by atoms with Crippen LogP contribution in [0.2, 0.25) is 0 Å². The van der Waals surface area contributed by atoms with E-state index in [1.54, 1.807) is 6.08 Å². The number of fused-ring (bicyclic) bond motifs is 5. The molecule has 4 fully saturated rings. The molecule has 5 aliphatic rings. The number of ether oxygens (including phenoxy) is 1. The molecule has 1 heterocycles. The van der Waals surface area contributed by atoms with E-state index >= 15 is 0 Å². The van der Waals surface area contributed by atoms with Crippen molar-refractivity contribution in [2.24, 2.45) is 40.4 Å². The zero-order valence-electron chi connectivity index (χ0n) is 16.0. The first-order chi connectivity index (χ1) is 12.6. The predicted octanol–water partition coefficient (Wildman–Crippen LogP) is 4.70. The van der Waals surface area contributed by atoms with Gasteiger partial charge in [-0.2, -0.15) is 0 Å². The lowest BCUT2D eigenvalue weighted by atomic mass is 9.44. The fraction of sp³-hybridized carbons (Fsp3) is 0.826. The standard InChI is InChI=1S/C23H32O3/c1-22-10-3-2-4-16(22)5-6-17-19(22)9-11-23(14-24)18(7-8-20(17)23)15-12-21(25)26-13-15/h12,14,16-20H,2-11,13H2,1H3/t16?,17-,18-,19+,20-,22+,23+/m1/s1. The highest BCUT2D eigenvalue weighted by Crippen LogP contribution is 2.67. The highest BCUT2D eigenvalue weighted by molar-refractivity contribution is 5.85. The summed E-state index contributed by atoms with van der Waals surface area (Å²) in [6, 6.07) is 0. The van der Waals surface area contributed by atoms with Gasteiger partial charge in [-0.3, -0.25) is 0 Å². The van der Waals surface area contributed by atoms with Gasteiger partial charge in [-0.1, -0.05) is 19.8 Å². The summed E-state index contributed by atoms with van der Waals surface area (Å²) in [5.41, 5.74) is 1.39. The van der Waals surface area contributed by atoms with Crippen molar-refractivity contribution < 1.29 is 14.3 Å². The molecule has 0 bridgehead atoms. The first-order valence-electron chi connectivity index (χ1n) is 10.9. The van der Waals surface area contributed by atoms with Crippen molar-refractivity contribution in [2.45, 2.75) is 71.1 Å². The van der Waals surface area contributed by atoms with E-state index in [1.165, 1.54) is 51.2 Å². The van der Waals surface area contributed by atoms with Gasteiger partial charge in [0.15, 0.2) is 0 Å². The van der Waals surface area contributed by atoms with Gasteiger partial charge in [-0.15, -0.1) is 0 Å². The zero-order chi connectivity index (χ0) is 17.9. The summed E-state index contributed by atoms with van der Waals surface area (Å²) >= 11 is 0. The largest absolute Gasteiger partial charge is 0.458 e. The van der Waals surface area contributed by atoms with E-state index in [2.05, 4.69) is 6.92 Å². The molecule has 3 nitrogen and oxygen atoms in total. The molecule has 26 heavy (non-hydrogen) atoms. The van der Waals surface area contributed by atoms with Gasteiger partial charge in [0.05, 0.1) is 0 Å². The summed E-state index contributed by atoms with van der Waals surface area (Å²) in [7, 11) is 0. The van der Waals surface area contributed by atoms with E-state index in [0.29, 0.717) is 17.9 Å². The van der Waals surface area contributed by atoms with Crippen LogP contribution in [-0.4, -0.2) is 18.9 Å². The Hall–Kier alpha value is -1.12. The lowest BCUT2D eigenvalue weighted by Crippen LogP contribution is -2.54. The number of hydrogen-bond acceptors (Lipinski definition) is 3. The summed E-state index contributed by atoms with van der Waals surface area (Å²) in [5, 5.41) is 0. The third-order valence-corrected chi connectivity index (χ3v) is 9.52. The molecule has 0 aromatic rings. The van der Waals surface area contributed by atoms with Gasteiger partial charge in [0.1, 0.15) is 12.9 Å². The summed E-state index contributed by atoms with van der Waals surface area (Å²) in [5.74, 6) is 3.01. The second-order valence-electron chi connectivity index (χ2n) is 10.1. The van der Waals surface area contributed by atoms with Crippen LogP contribution in [0.15, 0.2) is 11.6 Å². The van der Waals surface area contributed by atoms with E-state index in [-0.39, 0.29) is 17.3 Å².